The van der Waals surface area contributed by atoms with Crippen molar-refractivity contribution >= 4 is 23.4 Å². The lowest BCUT2D eigenvalue weighted by molar-refractivity contribution is -0.144. The predicted octanol–water partition coefficient (Wildman–Crippen LogP) is 3.44. The van der Waals surface area contributed by atoms with E-state index < -0.39 is 0 Å². The highest BCUT2D eigenvalue weighted by Gasteiger charge is 2.44. The third kappa shape index (κ3) is 5.02. The van der Waals surface area contributed by atoms with E-state index in [2.05, 4.69) is 28.7 Å². The minimum absolute atomic E-state index is 0.133. The summed E-state index contributed by atoms with van der Waals surface area (Å²) < 4.78 is 5.19. The molecule has 0 spiro atoms. The zero-order valence-electron chi connectivity index (χ0n) is 19.4. The van der Waals surface area contributed by atoms with Crippen LogP contribution in [-0.4, -0.2) is 53.5 Å². The number of aromatic nitrogens is 1. The van der Waals surface area contributed by atoms with Crippen LogP contribution in [0.4, 0.5) is 0 Å². The Bertz CT molecular complexity index is 906. The fourth-order valence-electron chi connectivity index (χ4n) is 4.83. The molecule has 0 saturated carbocycles. The molecule has 1 fully saturated rings. The zero-order valence-corrected chi connectivity index (χ0v) is 19.4. The van der Waals surface area contributed by atoms with E-state index in [1.54, 1.807) is 14.0 Å². The van der Waals surface area contributed by atoms with Gasteiger partial charge in [-0.15, -0.1) is 0 Å². The Morgan fingerprint density at radius 1 is 1.29 bits per heavy atom. The fourth-order valence-corrected chi connectivity index (χ4v) is 4.83. The van der Waals surface area contributed by atoms with Gasteiger partial charge in [-0.25, -0.2) is 4.99 Å². The van der Waals surface area contributed by atoms with Crippen LogP contribution < -0.4 is 0 Å². The molecule has 0 radical (unpaired) electrons. The number of Topliss-reactive ketones (excluding diaryl/α,β-unsaturated/α-hetero) is 1. The summed E-state index contributed by atoms with van der Waals surface area (Å²) in [4.78, 5) is 41.3. The maximum Gasteiger partial charge on any atom is 0.306 e. The molecule has 2 aliphatic heterocycles. The number of aliphatic imine (C=N–C) groups is 2. The Balaban J connectivity index is 1.98. The van der Waals surface area contributed by atoms with Crippen molar-refractivity contribution in [3.8, 4) is 0 Å². The molecule has 2 aliphatic rings. The van der Waals surface area contributed by atoms with Gasteiger partial charge in [-0.05, 0) is 50.3 Å². The zero-order chi connectivity index (χ0) is 22.5. The van der Waals surface area contributed by atoms with Crippen molar-refractivity contribution in [1.29, 1.82) is 0 Å². The van der Waals surface area contributed by atoms with Crippen LogP contribution in [0.2, 0.25) is 0 Å². The van der Waals surface area contributed by atoms with E-state index in [0.717, 1.165) is 35.8 Å². The molecule has 1 aromatic heterocycles. The average Bonchev–Trinajstić information content (AvgIpc) is 3.04. The Morgan fingerprint density at radius 3 is 2.74 bits per heavy atom. The standard InChI is InChI=1S/C24H34N4O3/c1-6-19-15(3)18(12-26-16(19)4)14-28-13-17(11-22(30)31-7-2)23-20(29)9-8-10-21(25-5)27-24(23)28/h12,17,23H,6-11,13-14H2,1-5H3. The van der Waals surface area contributed by atoms with E-state index in [-0.39, 0.29) is 30.0 Å². The summed E-state index contributed by atoms with van der Waals surface area (Å²) in [5, 5.41) is 0. The van der Waals surface area contributed by atoms with Crippen LogP contribution in [0, 0.1) is 25.7 Å². The number of pyridine rings is 1. The molecule has 0 amide bonds. The Kier molecular flexibility index (Phi) is 7.57. The van der Waals surface area contributed by atoms with Gasteiger partial charge < -0.3 is 9.64 Å². The van der Waals surface area contributed by atoms with E-state index in [9.17, 15) is 9.59 Å². The highest BCUT2D eigenvalue weighted by atomic mass is 16.5. The number of amidine groups is 2. The molecule has 2 unspecified atom stereocenters. The topological polar surface area (TPSA) is 84.2 Å². The number of aryl methyl sites for hydroxylation is 1. The number of ketones is 1. The van der Waals surface area contributed by atoms with E-state index in [0.29, 0.717) is 32.5 Å². The number of nitrogens with zero attached hydrogens (tertiary/aromatic N) is 4. The van der Waals surface area contributed by atoms with Crippen molar-refractivity contribution < 1.29 is 14.3 Å². The monoisotopic (exact) mass is 426 g/mol. The van der Waals surface area contributed by atoms with Gasteiger partial charge in [-0.3, -0.25) is 19.6 Å². The minimum Gasteiger partial charge on any atom is -0.466 e. The molecular weight excluding hydrogens is 392 g/mol. The number of esters is 1. The maximum absolute atomic E-state index is 13.1. The van der Waals surface area contributed by atoms with Crippen molar-refractivity contribution in [3.05, 3.63) is 28.6 Å². The number of hydrogen-bond donors (Lipinski definition) is 0. The summed E-state index contributed by atoms with van der Waals surface area (Å²) in [6.07, 6.45) is 5.01. The molecule has 1 aromatic rings. The third-order valence-corrected chi connectivity index (χ3v) is 6.43. The molecule has 7 nitrogen and oxygen atoms in total. The number of fused-ring (bicyclic) bond motifs is 1. The van der Waals surface area contributed by atoms with Crippen molar-refractivity contribution in [2.45, 2.75) is 66.3 Å². The number of carbonyl (C=O) groups excluding carboxylic acids is 2. The average molecular weight is 427 g/mol. The van der Waals surface area contributed by atoms with Crippen LogP contribution >= 0.6 is 0 Å². The second-order valence-corrected chi connectivity index (χ2v) is 8.38. The first-order valence-electron chi connectivity index (χ1n) is 11.3. The number of ether oxygens (including phenoxy) is 1. The van der Waals surface area contributed by atoms with Gasteiger partial charge >= 0.3 is 5.97 Å². The first-order chi connectivity index (χ1) is 14.9. The maximum atomic E-state index is 13.1. The smallest absolute Gasteiger partial charge is 0.306 e. The molecule has 1 saturated heterocycles. The van der Waals surface area contributed by atoms with Gasteiger partial charge in [0.25, 0.3) is 0 Å². The molecule has 0 aliphatic carbocycles. The van der Waals surface area contributed by atoms with E-state index >= 15 is 0 Å². The Hall–Kier alpha value is -2.57. The number of hydrogen-bond acceptors (Lipinski definition) is 6. The molecule has 0 N–H and O–H groups in total. The predicted molar refractivity (Wildman–Crippen MR) is 121 cm³/mol. The van der Waals surface area contributed by atoms with Gasteiger partial charge in [0, 0.05) is 50.8 Å². The summed E-state index contributed by atoms with van der Waals surface area (Å²) >= 11 is 0. The fraction of sp³-hybridized carbons (Fsp3) is 0.625. The molecular formula is C24H34N4O3. The lowest BCUT2D eigenvalue weighted by Gasteiger charge is -2.24. The molecule has 3 rings (SSSR count). The minimum atomic E-state index is -0.384. The summed E-state index contributed by atoms with van der Waals surface area (Å²) in [5.41, 5.74) is 4.69. The summed E-state index contributed by atoms with van der Waals surface area (Å²) in [5.74, 6) is 0.907. The highest BCUT2D eigenvalue weighted by molar-refractivity contribution is 6.11. The summed E-state index contributed by atoms with van der Waals surface area (Å²) in [6, 6.07) is 0. The van der Waals surface area contributed by atoms with Crippen LogP contribution in [0.3, 0.4) is 0 Å². The van der Waals surface area contributed by atoms with Crippen LogP contribution in [0.1, 0.15) is 61.9 Å². The third-order valence-electron chi connectivity index (χ3n) is 6.43. The summed E-state index contributed by atoms with van der Waals surface area (Å²) in [7, 11) is 1.74. The largest absolute Gasteiger partial charge is 0.466 e. The lowest BCUT2D eigenvalue weighted by Crippen LogP contribution is -2.33. The van der Waals surface area contributed by atoms with Crippen molar-refractivity contribution in [2.24, 2.45) is 21.8 Å². The van der Waals surface area contributed by atoms with Crippen molar-refractivity contribution in [1.82, 2.24) is 9.88 Å². The van der Waals surface area contributed by atoms with Gasteiger partial charge in [0.1, 0.15) is 17.5 Å². The molecule has 2 atom stereocenters. The second-order valence-electron chi connectivity index (χ2n) is 8.38. The first kappa shape index (κ1) is 23.1. The van der Waals surface area contributed by atoms with Gasteiger partial charge in [-0.2, -0.15) is 0 Å². The Labute approximate surface area is 185 Å². The van der Waals surface area contributed by atoms with Crippen molar-refractivity contribution in [2.75, 3.05) is 20.2 Å². The van der Waals surface area contributed by atoms with Crippen LogP contribution in [0.25, 0.3) is 0 Å². The molecule has 0 bridgehead atoms. The van der Waals surface area contributed by atoms with E-state index in [4.69, 9.17) is 9.73 Å². The molecule has 7 heteroatoms. The van der Waals surface area contributed by atoms with Gasteiger partial charge in [-0.1, -0.05) is 6.92 Å². The molecule has 31 heavy (non-hydrogen) atoms. The highest BCUT2D eigenvalue weighted by Crippen LogP contribution is 2.34. The molecule has 3 heterocycles. The van der Waals surface area contributed by atoms with E-state index in [1.165, 1.54) is 11.1 Å². The number of rotatable bonds is 6. The van der Waals surface area contributed by atoms with Crippen LogP contribution in [0.5, 0.6) is 0 Å². The van der Waals surface area contributed by atoms with Gasteiger partial charge in [0.15, 0.2) is 0 Å². The SMILES string of the molecule is CCOC(=O)CC1CN(Cc2cnc(C)c(CC)c2C)C2=NC(=NC)CCCC(=O)C21. The number of carbonyl (C=O) groups is 2. The number of likely N-dealkylation sites (tertiary alicyclic amines) is 1. The quantitative estimate of drug-likeness (QED) is 0.651. The lowest BCUT2D eigenvalue weighted by atomic mass is 9.86. The van der Waals surface area contributed by atoms with Gasteiger partial charge in [0.05, 0.1) is 18.9 Å². The second kappa shape index (κ2) is 10.2. The first-order valence-corrected chi connectivity index (χ1v) is 11.3. The normalized spacial score (nSPS) is 22.7. The van der Waals surface area contributed by atoms with Crippen LogP contribution in [-0.2, 0) is 27.3 Å². The Morgan fingerprint density at radius 2 is 2.06 bits per heavy atom. The van der Waals surface area contributed by atoms with Crippen molar-refractivity contribution in [3.63, 3.8) is 0 Å². The molecule has 168 valence electrons. The van der Waals surface area contributed by atoms with Crippen LogP contribution in [0.15, 0.2) is 16.2 Å². The van der Waals surface area contributed by atoms with E-state index in [1.807, 2.05) is 13.1 Å². The summed E-state index contributed by atoms with van der Waals surface area (Å²) in [6.45, 7) is 9.67. The van der Waals surface area contributed by atoms with Gasteiger partial charge in [0.2, 0.25) is 0 Å². The molecule has 0 aromatic carbocycles.